The van der Waals surface area contributed by atoms with Gasteiger partial charge in [0.05, 0.1) is 0 Å². The fourth-order valence-corrected chi connectivity index (χ4v) is 4.58. The molecule has 1 saturated heterocycles. The van der Waals surface area contributed by atoms with Crippen molar-refractivity contribution < 1.29 is 0 Å². The van der Waals surface area contributed by atoms with Crippen LogP contribution in [0.4, 0.5) is 5.69 Å². The highest BCUT2D eigenvalue weighted by Crippen LogP contribution is 2.38. The Balaban J connectivity index is 1.82. The van der Waals surface area contributed by atoms with Crippen molar-refractivity contribution in [2.45, 2.75) is 51.0 Å². The molecule has 3 rings (SSSR count). The van der Waals surface area contributed by atoms with Gasteiger partial charge < -0.3 is 10.6 Å². The van der Waals surface area contributed by atoms with Gasteiger partial charge in [0.15, 0.2) is 0 Å². The minimum Gasteiger partial charge on any atom is -0.368 e. The Bertz CT molecular complexity index is 458. The lowest BCUT2D eigenvalue weighted by molar-refractivity contribution is 0.244. The first kappa shape index (κ1) is 14.4. The van der Waals surface area contributed by atoms with Crippen molar-refractivity contribution in [1.82, 2.24) is 0 Å². The molecule has 1 aliphatic heterocycles. The van der Waals surface area contributed by atoms with Crippen LogP contribution in [0.15, 0.2) is 22.7 Å². The minimum atomic E-state index is 0.715. The van der Waals surface area contributed by atoms with Crippen LogP contribution < -0.4 is 10.6 Å². The molecular weight excluding hydrogens is 312 g/mol. The summed E-state index contributed by atoms with van der Waals surface area (Å²) in [4.78, 5) is 2.67. The molecule has 3 heteroatoms. The van der Waals surface area contributed by atoms with Gasteiger partial charge in [-0.25, -0.2) is 0 Å². The van der Waals surface area contributed by atoms with Crippen LogP contribution in [0.3, 0.4) is 0 Å². The lowest BCUT2D eigenvalue weighted by Gasteiger charge is -2.45. The van der Waals surface area contributed by atoms with Crippen LogP contribution in [0.5, 0.6) is 0 Å². The molecule has 2 aliphatic rings. The zero-order chi connectivity index (χ0) is 13.9. The van der Waals surface area contributed by atoms with Gasteiger partial charge in [-0.3, -0.25) is 0 Å². The van der Waals surface area contributed by atoms with Gasteiger partial charge in [0.25, 0.3) is 0 Å². The summed E-state index contributed by atoms with van der Waals surface area (Å²) in [5.41, 5.74) is 8.39. The number of hydrogen-bond donors (Lipinski definition) is 1. The maximum absolute atomic E-state index is 5.67. The van der Waals surface area contributed by atoms with Gasteiger partial charge in [0.2, 0.25) is 0 Å². The Morgan fingerprint density at radius 2 is 1.95 bits per heavy atom. The molecule has 110 valence electrons. The predicted octanol–water partition coefficient (Wildman–Crippen LogP) is 4.11. The number of fused-ring (bicyclic) bond motifs is 1. The van der Waals surface area contributed by atoms with E-state index in [1.165, 1.54) is 60.8 Å². The molecule has 0 amide bonds. The van der Waals surface area contributed by atoms with Gasteiger partial charge in [0, 0.05) is 22.7 Å². The number of piperidine rings is 1. The van der Waals surface area contributed by atoms with Crippen molar-refractivity contribution in [2.24, 2.45) is 11.7 Å². The number of halogens is 1. The van der Waals surface area contributed by atoms with E-state index >= 15 is 0 Å². The average Bonchev–Trinajstić information content (AvgIpc) is 2.49. The van der Waals surface area contributed by atoms with E-state index in [4.69, 9.17) is 5.73 Å². The lowest BCUT2D eigenvalue weighted by atomic mass is 9.78. The standard InChI is InChI=1S/C17H25BrN2/c18-16-12-15(8-7-13(16)9-10-19)20-11-3-5-14-4-1-2-6-17(14)20/h7-8,12,14,17H,1-6,9-11,19H2/t14-,17-/m1/s1. The zero-order valence-corrected chi connectivity index (χ0v) is 13.7. The molecule has 1 saturated carbocycles. The monoisotopic (exact) mass is 336 g/mol. The van der Waals surface area contributed by atoms with E-state index in [1.54, 1.807) is 0 Å². The summed E-state index contributed by atoms with van der Waals surface area (Å²) in [6.45, 7) is 1.94. The molecule has 1 aromatic carbocycles. The molecule has 2 fully saturated rings. The van der Waals surface area contributed by atoms with E-state index in [9.17, 15) is 0 Å². The van der Waals surface area contributed by atoms with Crippen molar-refractivity contribution in [3.05, 3.63) is 28.2 Å². The fourth-order valence-electron chi connectivity index (χ4n) is 4.02. The number of nitrogens with zero attached hydrogens (tertiary/aromatic N) is 1. The first-order valence-electron chi connectivity index (χ1n) is 8.04. The largest absolute Gasteiger partial charge is 0.368 e. The highest BCUT2D eigenvalue weighted by Gasteiger charge is 2.33. The van der Waals surface area contributed by atoms with Crippen molar-refractivity contribution in [1.29, 1.82) is 0 Å². The molecule has 1 aliphatic carbocycles. The van der Waals surface area contributed by atoms with Crippen molar-refractivity contribution in [3.8, 4) is 0 Å². The molecule has 2 N–H and O–H groups in total. The highest BCUT2D eigenvalue weighted by atomic mass is 79.9. The van der Waals surface area contributed by atoms with E-state index < -0.39 is 0 Å². The molecular formula is C17H25BrN2. The summed E-state index contributed by atoms with van der Waals surface area (Å²) in [5.74, 6) is 0.931. The van der Waals surface area contributed by atoms with Gasteiger partial charge in [-0.1, -0.05) is 34.8 Å². The van der Waals surface area contributed by atoms with Crippen LogP contribution in [0, 0.1) is 5.92 Å². The minimum absolute atomic E-state index is 0.715. The molecule has 2 nitrogen and oxygen atoms in total. The van der Waals surface area contributed by atoms with Gasteiger partial charge in [-0.15, -0.1) is 0 Å². The molecule has 0 aromatic heterocycles. The highest BCUT2D eigenvalue weighted by molar-refractivity contribution is 9.10. The number of nitrogens with two attached hydrogens (primary N) is 1. The van der Waals surface area contributed by atoms with Crippen LogP contribution in [-0.4, -0.2) is 19.1 Å². The molecule has 2 atom stereocenters. The Labute approximate surface area is 130 Å². The summed E-state index contributed by atoms with van der Waals surface area (Å²) in [6.07, 6.45) is 9.41. The van der Waals surface area contributed by atoms with Crippen molar-refractivity contribution >= 4 is 21.6 Å². The van der Waals surface area contributed by atoms with Crippen LogP contribution in [0.25, 0.3) is 0 Å². The van der Waals surface area contributed by atoms with E-state index in [-0.39, 0.29) is 0 Å². The van der Waals surface area contributed by atoms with Crippen molar-refractivity contribution in [3.63, 3.8) is 0 Å². The molecule has 0 bridgehead atoms. The van der Waals surface area contributed by atoms with Gasteiger partial charge in [-0.2, -0.15) is 0 Å². The third-order valence-corrected chi connectivity index (χ3v) is 5.76. The number of hydrogen-bond acceptors (Lipinski definition) is 2. The van der Waals surface area contributed by atoms with Gasteiger partial charge in [0.1, 0.15) is 0 Å². The second kappa shape index (κ2) is 6.48. The third kappa shape index (κ3) is 2.89. The fraction of sp³-hybridized carbons (Fsp3) is 0.647. The summed E-state index contributed by atoms with van der Waals surface area (Å²) in [5, 5.41) is 0. The summed E-state index contributed by atoms with van der Waals surface area (Å²) < 4.78 is 1.22. The van der Waals surface area contributed by atoms with Crippen molar-refractivity contribution in [2.75, 3.05) is 18.0 Å². The molecule has 1 aromatic rings. The van der Waals surface area contributed by atoms with Crippen LogP contribution >= 0.6 is 15.9 Å². The summed E-state index contributed by atoms with van der Waals surface area (Å²) in [7, 11) is 0. The average molecular weight is 337 g/mol. The van der Waals surface area contributed by atoms with Gasteiger partial charge >= 0.3 is 0 Å². The van der Waals surface area contributed by atoms with E-state index in [1.807, 2.05) is 0 Å². The quantitative estimate of drug-likeness (QED) is 0.899. The molecule has 0 radical (unpaired) electrons. The molecule has 1 heterocycles. The van der Waals surface area contributed by atoms with E-state index in [0.717, 1.165) is 18.4 Å². The van der Waals surface area contributed by atoms with Crippen LogP contribution in [0.1, 0.15) is 44.1 Å². The predicted molar refractivity (Wildman–Crippen MR) is 89.2 cm³/mol. The normalized spacial score (nSPS) is 26.4. The van der Waals surface area contributed by atoms with E-state index in [0.29, 0.717) is 6.54 Å². The maximum Gasteiger partial charge on any atom is 0.0380 e. The molecule has 20 heavy (non-hydrogen) atoms. The number of anilines is 1. The molecule has 0 spiro atoms. The molecule has 0 unspecified atom stereocenters. The SMILES string of the molecule is NCCc1ccc(N2CCC[C@H]3CCCC[C@H]32)cc1Br. The van der Waals surface area contributed by atoms with E-state index in [2.05, 4.69) is 39.0 Å². The third-order valence-electron chi connectivity index (χ3n) is 5.03. The lowest BCUT2D eigenvalue weighted by Crippen LogP contribution is -2.46. The smallest absolute Gasteiger partial charge is 0.0380 e. The Morgan fingerprint density at radius 1 is 1.15 bits per heavy atom. The second-order valence-corrected chi connectivity index (χ2v) is 7.12. The summed E-state index contributed by atoms with van der Waals surface area (Å²) in [6, 6.07) is 7.64. The first-order chi connectivity index (χ1) is 9.79. The maximum atomic E-state index is 5.67. The topological polar surface area (TPSA) is 29.3 Å². The summed E-state index contributed by atoms with van der Waals surface area (Å²) >= 11 is 3.72. The first-order valence-corrected chi connectivity index (χ1v) is 8.84. The van der Waals surface area contributed by atoms with Crippen LogP contribution in [0.2, 0.25) is 0 Å². The Kier molecular flexibility index (Phi) is 4.67. The Morgan fingerprint density at radius 3 is 2.75 bits per heavy atom. The van der Waals surface area contributed by atoms with Gasteiger partial charge in [-0.05, 0) is 62.3 Å². The second-order valence-electron chi connectivity index (χ2n) is 6.26. The Hall–Kier alpha value is -0.540. The zero-order valence-electron chi connectivity index (χ0n) is 12.2. The van der Waals surface area contributed by atoms with Crippen LogP contribution in [-0.2, 0) is 6.42 Å². The number of rotatable bonds is 3. The number of benzene rings is 1.